The molecule has 1 amide bonds. The molecule has 11 nitrogen and oxygen atoms in total. The third-order valence-electron chi connectivity index (χ3n) is 5.92. The highest BCUT2D eigenvalue weighted by Gasteiger charge is 2.51. The van der Waals surface area contributed by atoms with Gasteiger partial charge in [0.1, 0.15) is 30.9 Å². The van der Waals surface area contributed by atoms with Crippen molar-refractivity contribution in [2.45, 2.75) is 44.9 Å². The van der Waals surface area contributed by atoms with Crippen LogP contribution in [0, 0.1) is 11.8 Å². The van der Waals surface area contributed by atoms with E-state index in [0.29, 0.717) is 5.75 Å². The number of carbonyl (C=O) groups excluding carboxylic acids is 2. The largest absolute Gasteiger partial charge is 0.489 e. The maximum atomic E-state index is 13.3. The van der Waals surface area contributed by atoms with E-state index in [1.165, 1.54) is 0 Å². The summed E-state index contributed by atoms with van der Waals surface area (Å²) >= 11 is 0. The molecule has 2 aromatic carbocycles. The minimum Gasteiger partial charge on any atom is -0.489 e. The van der Waals surface area contributed by atoms with Gasteiger partial charge in [-0.2, -0.15) is 0 Å². The van der Waals surface area contributed by atoms with Gasteiger partial charge in [-0.05, 0) is 23.6 Å². The van der Waals surface area contributed by atoms with E-state index in [0.717, 1.165) is 5.56 Å². The molecule has 0 saturated carbocycles. The Balaban J connectivity index is 1.80. The first kappa shape index (κ1) is 28.2. The van der Waals surface area contributed by atoms with Crippen molar-refractivity contribution in [3.8, 4) is 5.75 Å². The topological polar surface area (TPSA) is 161 Å². The van der Waals surface area contributed by atoms with Gasteiger partial charge >= 0.3 is 17.9 Å². The number of nitrogens with one attached hydrogen (secondary N) is 1. The minimum atomic E-state index is -1.84. The molecule has 1 aliphatic rings. The van der Waals surface area contributed by atoms with Crippen molar-refractivity contribution in [2.24, 2.45) is 17.0 Å². The smallest absolute Gasteiger partial charge is 0.326 e. The molecule has 11 heteroatoms. The second kappa shape index (κ2) is 12.7. The number of carboxylic acid groups (broad SMARTS) is 2. The Morgan fingerprint density at radius 2 is 1.66 bits per heavy atom. The number of oxime groups is 1. The lowest BCUT2D eigenvalue weighted by Crippen LogP contribution is -2.56. The van der Waals surface area contributed by atoms with Gasteiger partial charge in [0.05, 0.1) is 12.1 Å². The average molecular weight is 527 g/mol. The Bertz CT molecular complexity index is 1170. The van der Waals surface area contributed by atoms with Crippen LogP contribution in [0.4, 0.5) is 0 Å². The van der Waals surface area contributed by atoms with Crippen LogP contribution in [-0.4, -0.2) is 58.0 Å². The number of hydrogen-bond acceptors (Lipinski definition) is 8. The van der Waals surface area contributed by atoms with Crippen LogP contribution in [0.3, 0.4) is 0 Å². The summed E-state index contributed by atoms with van der Waals surface area (Å²) in [6.45, 7) is 3.27. The second-order valence-electron chi connectivity index (χ2n) is 9.22. The van der Waals surface area contributed by atoms with Crippen molar-refractivity contribution >= 4 is 29.5 Å². The molecular formula is C27H30N2O9. The Morgan fingerprint density at radius 3 is 2.24 bits per heavy atom. The fourth-order valence-electron chi connectivity index (χ4n) is 3.93. The molecule has 0 aliphatic carbocycles. The van der Waals surface area contributed by atoms with Gasteiger partial charge in [0.2, 0.25) is 0 Å². The van der Waals surface area contributed by atoms with Crippen LogP contribution in [0.5, 0.6) is 5.75 Å². The number of amides is 1. The fourth-order valence-corrected chi connectivity index (χ4v) is 3.93. The van der Waals surface area contributed by atoms with E-state index in [4.69, 9.17) is 19.4 Å². The maximum absolute atomic E-state index is 13.3. The quantitative estimate of drug-likeness (QED) is 0.333. The molecule has 1 heterocycles. The summed E-state index contributed by atoms with van der Waals surface area (Å²) in [6, 6.07) is 16.0. The van der Waals surface area contributed by atoms with Crippen LogP contribution in [0.15, 0.2) is 65.8 Å². The van der Waals surface area contributed by atoms with Gasteiger partial charge in [-0.3, -0.25) is 14.4 Å². The highest BCUT2D eigenvalue weighted by molar-refractivity contribution is 6.06. The second-order valence-corrected chi connectivity index (χ2v) is 9.22. The summed E-state index contributed by atoms with van der Waals surface area (Å²) in [4.78, 5) is 54.7. The SMILES string of the molecule is CC(C)[C@H](C(=O)OCc1ccccc1)C1=NOC(COc2ccccc2)(C(=O)N[C@@H](CC(=O)O)C(=O)O)C1. The predicted octanol–water partition coefficient (Wildman–Crippen LogP) is 2.64. The van der Waals surface area contributed by atoms with Gasteiger partial charge in [0, 0.05) is 6.42 Å². The molecule has 3 atom stereocenters. The van der Waals surface area contributed by atoms with Gasteiger partial charge in [-0.1, -0.05) is 67.5 Å². The number of nitrogens with zero attached hydrogens (tertiary/aromatic N) is 1. The van der Waals surface area contributed by atoms with Crippen molar-refractivity contribution in [2.75, 3.05) is 6.61 Å². The number of rotatable bonds is 13. The van der Waals surface area contributed by atoms with Crippen molar-refractivity contribution in [3.63, 3.8) is 0 Å². The lowest BCUT2D eigenvalue weighted by Gasteiger charge is -2.27. The Morgan fingerprint density at radius 1 is 1.03 bits per heavy atom. The van der Waals surface area contributed by atoms with Gasteiger partial charge in [0.25, 0.3) is 11.5 Å². The molecule has 1 aliphatic heterocycles. The zero-order valence-corrected chi connectivity index (χ0v) is 21.0. The van der Waals surface area contributed by atoms with Crippen LogP contribution in [0.2, 0.25) is 0 Å². The van der Waals surface area contributed by atoms with Crippen molar-refractivity contribution in [1.82, 2.24) is 5.32 Å². The predicted molar refractivity (Wildman–Crippen MR) is 134 cm³/mol. The van der Waals surface area contributed by atoms with E-state index < -0.39 is 47.8 Å². The van der Waals surface area contributed by atoms with Crippen LogP contribution < -0.4 is 10.1 Å². The molecule has 3 N–H and O–H groups in total. The summed E-state index contributed by atoms with van der Waals surface area (Å²) in [7, 11) is 0. The normalized spacial score (nSPS) is 18.0. The van der Waals surface area contributed by atoms with E-state index in [1.54, 1.807) is 44.2 Å². The highest BCUT2D eigenvalue weighted by Crippen LogP contribution is 2.32. The van der Waals surface area contributed by atoms with Crippen LogP contribution in [0.25, 0.3) is 0 Å². The van der Waals surface area contributed by atoms with Gasteiger partial charge in [-0.15, -0.1) is 0 Å². The lowest BCUT2D eigenvalue weighted by molar-refractivity contribution is -0.154. The molecule has 0 spiro atoms. The number of benzene rings is 2. The van der Waals surface area contributed by atoms with Gasteiger partial charge in [0.15, 0.2) is 0 Å². The van der Waals surface area contributed by atoms with E-state index >= 15 is 0 Å². The van der Waals surface area contributed by atoms with Crippen molar-refractivity contribution < 1.29 is 43.7 Å². The molecule has 38 heavy (non-hydrogen) atoms. The number of para-hydroxylation sites is 1. The highest BCUT2D eigenvalue weighted by atomic mass is 16.7. The average Bonchev–Trinajstić information content (AvgIpc) is 3.31. The molecule has 1 unspecified atom stereocenters. The summed E-state index contributed by atoms with van der Waals surface area (Å²) < 4.78 is 11.3. The van der Waals surface area contributed by atoms with E-state index in [2.05, 4.69) is 10.5 Å². The van der Waals surface area contributed by atoms with Crippen LogP contribution >= 0.6 is 0 Å². The molecule has 0 fully saturated rings. The molecular weight excluding hydrogens is 496 g/mol. The molecule has 0 aromatic heterocycles. The standard InChI is InChI=1S/C27H30N2O9/c1-17(2)23(25(34)36-15-18-9-5-3-6-10-18)21-14-27(38-29-21,16-37-19-11-7-4-8-12-19)26(35)28-20(24(32)33)13-22(30)31/h3-12,17,20,23H,13-16H2,1-2H3,(H,28,35)(H,30,31)(H,32,33)/t20-,23-,27?/m0/s1. The van der Waals surface area contributed by atoms with E-state index in [9.17, 15) is 24.3 Å². The summed E-state index contributed by atoms with van der Waals surface area (Å²) in [5, 5.41) is 24.7. The van der Waals surface area contributed by atoms with E-state index in [-0.39, 0.29) is 31.3 Å². The first-order chi connectivity index (χ1) is 18.1. The fraction of sp³-hybridized carbons (Fsp3) is 0.370. The summed E-state index contributed by atoms with van der Waals surface area (Å²) in [6.07, 6.45) is -1.04. The Kier molecular flexibility index (Phi) is 9.42. The molecule has 202 valence electrons. The molecule has 0 radical (unpaired) electrons. The number of ether oxygens (including phenoxy) is 2. The number of carbonyl (C=O) groups is 4. The summed E-state index contributed by atoms with van der Waals surface area (Å²) in [5.41, 5.74) is -0.810. The number of hydrogen-bond donors (Lipinski definition) is 3. The Hall–Kier alpha value is -4.41. The maximum Gasteiger partial charge on any atom is 0.326 e. The summed E-state index contributed by atoms with van der Waals surface area (Å²) in [5.74, 6) is -5.12. The third kappa shape index (κ3) is 7.31. The molecule has 0 bridgehead atoms. The van der Waals surface area contributed by atoms with Crippen LogP contribution in [-0.2, 0) is 35.4 Å². The Labute approximate surface area is 219 Å². The van der Waals surface area contributed by atoms with Crippen molar-refractivity contribution in [3.05, 3.63) is 66.2 Å². The van der Waals surface area contributed by atoms with Gasteiger partial charge < -0.3 is 29.8 Å². The first-order valence-electron chi connectivity index (χ1n) is 12.0. The zero-order valence-electron chi connectivity index (χ0n) is 21.0. The first-order valence-corrected chi connectivity index (χ1v) is 12.0. The van der Waals surface area contributed by atoms with Gasteiger partial charge in [-0.25, -0.2) is 4.79 Å². The zero-order chi connectivity index (χ0) is 27.7. The lowest BCUT2D eigenvalue weighted by atomic mass is 9.84. The van der Waals surface area contributed by atoms with Crippen molar-refractivity contribution in [1.29, 1.82) is 0 Å². The monoisotopic (exact) mass is 526 g/mol. The molecule has 3 rings (SSSR count). The number of aliphatic carboxylic acids is 2. The number of carboxylic acids is 2. The third-order valence-corrected chi connectivity index (χ3v) is 5.92. The van der Waals surface area contributed by atoms with E-state index in [1.807, 2.05) is 30.3 Å². The minimum absolute atomic E-state index is 0.0509. The molecule has 2 aromatic rings. The number of esters is 1. The van der Waals surface area contributed by atoms with Crippen LogP contribution in [0.1, 0.15) is 32.3 Å². The molecule has 0 saturated heterocycles.